The van der Waals surface area contributed by atoms with Gasteiger partial charge in [0.2, 0.25) is 5.91 Å². The Labute approximate surface area is 124 Å². The van der Waals surface area contributed by atoms with E-state index in [4.69, 9.17) is 20.3 Å². The number of aromatic nitrogens is 2. The summed E-state index contributed by atoms with van der Waals surface area (Å²) in [6.45, 7) is -0.468. The molecule has 5 N–H and O–H groups in total. The fourth-order valence-corrected chi connectivity index (χ4v) is 2.38. The number of nitrogens with zero attached hydrogens (tertiary/aromatic N) is 1. The van der Waals surface area contributed by atoms with E-state index in [1.54, 1.807) is 0 Å². The van der Waals surface area contributed by atoms with Gasteiger partial charge in [-0.25, -0.2) is 4.79 Å². The Kier molecular flexibility index (Phi) is 4.76. The second kappa shape index (κ2) is 6.40. The van der Waals surface area contributed by atoms with Crippen molar-refractivity contribution in [3.05, 3.63) is 32.6 Å². The summed E-state index contributed by atoms with van der Waals surface area (Å²) in [5.74, 6) is -0.736. The molecule has 0 aliphatic carbocycles. The number of carbonyl (C=O) groups is 1. The summed E-state index contributed by atoms with van der Waals surface area (Å²) in [5, 5.41) is 19.1. The lowest BCUT2D eigenvalue weighted by atomic mass is 10.1. The normalized spacial score (nSPS) is 28.0. The van der Waals surface area contributed by atoms with Gasteiger partial charge in [0.05, 0.1) is 13.0 Å². The van der Waals surface area contributed by atoms with E-state index in [9.17, 15) is 19.5 Å². The first-order chi connectivity index (χ1) is 10.4. The second-order valence-corrected chi connectivity index (χ2v) is 4.90. The second-order valence-electron chi connectivity index (χ2n) is 4.90. The summed E-state index contributed by atoms with van der Waals surface area (Å²) in [7, 11) is 1.31. The zero-order valence-electron chi connectivity index (χ0n) is 11.8. The molecule has 10 nitrogen and oxygen atoms in total. The van der Waals surface area contributed by atoms with Crippen molar-refractivity contribution in [1.29, 1.82) is 0 Å². The summed E-state index contributed by atoms with van der Waals surface area (Å²) in [5.41, 5.74) is 3.50. The summed E-state index contributed by atoms with van der Waals surface area (Å²) in [4.78, 5) is 36.6. The molecule has 1 aliphatic rings. The van der Waals surface area contributed by atoms with Crippen LogP contribution >= 0.6 is 0 Å². The molecule has 10 heteroatoms. The lowest BCUT2D eigenvalue weighted by Crippen LogP contribution is -2.40. The molecule has 4 atom stereocenters. The number of aliphatic hydroxyl groups is 2. The Hall–Kier alpha value is -2.01. The molecule has 1 aromatic heterocycles. The smallest absolute Gasteiger partial charge is 0.330 e. The molecule has 0 aromatic carbocycles. The van der Waals surface area contributed by atoms with Crippen molar-refractivity contribution >= 4 is 5.91 Å². The van der Waals surface area contributed by atoms with Crippen molar-refractivity contribution in [1.82, 2.24) is 9.55 Å². The number of nitrogens with two attached hydrogens (primary N) is 1. The van der Waals surface area contributed by atoms with E-state index in [0.29, 0.717) is 0 Å². The molecule has 0 spiro atoms. The van der Waals surface area contributed by atoms with E-state index in [1.807, 2.05) is 4.98 Å². The molecule has 1 amide bonds. The number of ether oxygens (including phenoxy) is 2. The molecular weight excluding hydrogens is 298 g/mol. The van der Waals surface area contributed by atoms with Gasteiger partial charge in [-0.3, -0.25) is 19.1 Å². The first-order valence-corrected chi connectivity index (χ1v) is 6.48. The van der Waals surface area contributed by atoms with E-state index >= 15 is 0 Å². The fourth-order valence-electron chi connectivity index (χ4n) is 2.38. The monoisotopic (exact) mass is 315 g/mol. The Morgan fingerprint density at radius 3 is 2.77 bits per heavy atom. The number of hydrogen-bond donors (Lipinski definition) is 4. The van der Waals surface area contributed by atoms with Crippen molar-refractivity contribution in [2.45, 2.75) is 31.0 Å². The highest BCUT2D eigenvalue weighted by Crippen LogP contribution is 2.30. The number of nitrogens with one attached hydrogen (secondary N) is 1. The van der Waals surface area contributed by atoms with Crippen LogP contribution in [0.5, 0.6) is 0 Å². The Morgan fingerprint density at radius 2 is 2.23 bits per heavy atom. The van der Waals surface area contributed by atoms with Crippen LogP contribution in [0.4, 0.5) is 0 Å². The molecule has 0 bridgehead atoms. The van der Waals surface area contributed by atoms with Gasteiger partial charge >= 0.3 is 5.69 Å². The van der Waals surface area contributed by atoms with Gasteiger partial charge in [0.1, 0.15) is 18.3 Å². The topological polar surface area (TPSA) is 157 Å². The molecule has 0 saturated carbocycles. The molecule has 0 radical (unpaired) electrons. The number of methoxy groups -OCH3 is 1. The SMILES string of the molecule is COC1C(O)[C@H](CO)O[C@@H]1n1cc(CC(N)=O)c(=O)[nH]c1=O. The highest BCUT2D eigenvalue weighted by atomic mass is 16.6. The van der Waals surface area contributed by atoms with Gasteiger partial charge in [-0.15, -0.1) is 0 Å². The maximum absolute atomic E-state index is 11.9. The molecule has 2 rings (SSSR count). The lowest BCUT2D eigenvalue weighted by molar-refractivity contribution is -0.117. The Balaban J connectivity index is 2.45. The van der Waals surface area contributed by atoms with Crippen LogP contribution < -0.4 is 17.0 Å². The van der Waals surface area contributed by atoms with E-state index in [1.165, 1.54) is 7.11 Å². The molecule has 1 fully saturated rings. The first-order valence-electron chi connectivity index (χ1n) is 6.48. The third-order valence-corrected chi connectivity index (χ3v) is 3.45. The van der Waals surface area contributed by atoms with Crippen molar-refractivity contribution in [3.8, 4) is 0 Å². The van der Waals surface area contributed by atoms with Crippen LogP contribution in [0.15, 0.2) is 15.8 Å². The van der Waals surface area contributed by atoms with Crippen LogP contribution in [-0.4, -0.2) is 57.7 Å². The molecule has 1 aliphatic heterocycles. The van der Waals surface area contributed by atoms with Crippen LogP contribution in [0.3, 0.4) is 0 Å². The van der Waals surface area contributed by atoms with Gasteiger partial charge in [0, 0.05) is 18.9 Å². The number of primary amides is 1. The Bertz CT molecular complexity index is 667. The molecule has 1 saturated heterocycles. The minimum atomic E-state index is -1.15. The quantitative estimate of drug-likeness (QED) is 0.446. The van der Waals surface area contributed by atoms with Gasteiger partial charge in [0.25, 0.3) is 5.56 Å². The number of H-pyrrole nitrogens is 1. The van der Waals surface area contributed by atoms with Crippen LogP contribution in [0, 0.1) is 0 Å². The summed E-state index contributed by atoms with van der Waals surface area (Å²) < 4.78 is 11.5. The number of hydrogen-bond acceptors (Lipinski definition) is 7. The number of amides is 1. The fraction of sp³-hybridized carbons (Fsp3) is 0.583. The highest BCUT2D eigenvalue weighted by Gasteiger charge is 2.45. The maximum Gasteiger partial charge on any atom is 0.330 e. The lowest BCUT2D eigenvalue weighted by Gasteiger charge is -2.20. The van der Waals surface area contributed by atoms with Gasteiger partial charge in [-0.2, -0.15) is 0 Å². The first kappa shape index (κ1) is 16.4. The van der Waals surface area contributed by atoms with E-state index < -0.39 is 48.3 Å². The van der Waals surface area contributed by atoms with E-state index in [0.717, 1.165) is 10.8 Å². The third-order valence-electron chi connectivity index (χ3n) is 3.45. The average Bonchev–Trinajstić information content (AvgIpc) is 2.77. The number of aromatic amines is 1. The summed E-state index contributed by atoms with van der Waals surface area (Å²) in [6.07, 6.45) is -3.30. The number of carbonyl (C=O) groups excluding carboxylic acids is 1. The number of rotatable bonds is 5. The van der Waals surface area contributed by atoms with Gasteiger partial charge in [-0.1, -0.05) is 0 Å². The van der Waals surface area contributed by atoms with Crippen molar-refractivity contribution in [3.63, 3.8) is 0 Å². The zero-order chi connectivity index (χ0) is 16.4. The van der Waals surface area contributed by atoms with E-state index in [2.05, 4.69) is 0 Å². The summed E-state index contributed by atoms with van der Waals surface area (Å²) >= 11 is 0. The summed E-state index contributed by atoms with van der Waals surface area (Å²) in [6, 6.07) is 0. The van der Waals surface area contributed by atoms with Gasteiger partial charge in [-0.05, 0) is 0 Å². The largest absolute Gasteiger partial charge is 0.394 e. The Morgan fingerprint density at radius 1 is 1.55 bits per heavy atom. The molecule has 1 aromatic rings. The van der Waals surface area contributed by atoms with Crippen molar-refractivity contribution in [2.75, 3.05) is 13.7 Å². The standard InChI is InChI=1S/C12H17N3O7/c1-21-9-8(18)6(4-16)22-11(9)15-3-5(2-7(13)17)10(19)14-12(15)20/h3,6,8-9,11,16,18H,2,4H2,1H3,(H2,13,17)(H,14,19,20)/t6-,8?,9?,11-/m0/s1. The predicted molar refractivity (Wildman–Crippen MR) is 72.0 cm³/mol. The van der Waals surface area contributed by atoms with Crippen LogP contribution in [-0.2, 0) is 20.7 Å². The molecule has 2 heterocycles. The van der Waals surface area contributed by atoms with Crippen molar-refractivity contribution < 1.29 is 24.5 Å². The maximum atomic E-state index is 11.9. The molecular formula is C12H17N3O7. The minimum Gasteiger partial charge on any atom is -0.394 e. The van der Waals surface area contributed by atoms with Crippen LogP contribution in [0.2, 0.25) is 0 Å². The molecule has 122 valence electrons. The molecule has 2 unspecified atom stereocenters. The van der Waals surface area contributed by atoms with Crippen LogP contribution in [0.25, 0.3) is 0 Å². The highest BCUT2D eigenvalue weighted by molar-refractivity contribution is 5.76. The number of aliphatic hydroxyl groups excluding tert-OH is 2. The molecule has 22 heavy (non-hydrogen) atoms. The predicted octanol–water partition coefficient (Wildman–Crippen LogP) is -3.17. The minimum absolute atomic E-state index is 0.0208. The van der Waals surface area contributed by atoms with Crippen molar-refractivity contribution in [2.24, 2.45) is 5.73 Å². The third kappa shape index (κ3) is 2.95. The van der Waals surface area contributed by atoms with Gasteiger partial charge in [0.15, 0.2) is 6.23 Å². The van der Waals surface area contributed by atoms with E-state index in [-0.39, 0.29) is 12.0 Å². The average molecular weight is 315 g/mol. The zero-order valence-corrected chi connectivity index (χ0v) is 11.8. The van der Waals surface area contributed by atoms with Gasteiger partial charge < -0.3 is 25.4 Å². The van der Waals surface area contributed by atoms with Crippen LogP contribution in [0.1, 0.15) is 11.8 Å².